The Labute approximate surface area is 85.2 Å². The van der Waals surface area contributed by atoms with Crippen molar-refractivity contribution in [1.29, 1.82) is 0 Å². The standard InChI is InChI=1S/C9H11N3OS/c1-6(2)7-5-8(13)12(11-7)9-10-3-4-14-9/h3-6,11H,1-2H3. The monoisotopic (exact) mass is 209 g/mol. The molecular formula is C9H11N3OS. The minimum absolute atomic E-state index is 0.0522. The first kappa shape index (κ1) is 9.21. The SMILES string of the molecule is CC(C)c1cc(=O)n(-c2nccs2)[nH]1. The van der Waals surface area contributed by atoms with Crippen molar-refractivity contribution in [2.24, 2.45) is 0 Å². The third kappa shape index (κ3) is 1.50. The van der Waals surface area contributed by atoms with Crippen molar-refractivity contribution in [3.05, 3.63) is 33.7 Å². The second-order valence-corrected chi connectivity index (χ2v) is 4.23. The van der Waals surface area contributed by atoms with Crippen molar-refractivity contribution in [2.75, 3.05) is 0 Å². The molecule has 0 fully saturated rings. The summed E-state index contributed by atoms with van der Waals surface area (Å²) in [6.45, 7) is 4.08. The number of aromatic nitrogens is 3. The molecule has 2 rings (SSSR count). The predicted molar refractivity (Wildman–Crippen MR) is 56.2 cm³/mol. The molecule has 0 saturated heterocycles. The van der Waals surface area contributed by atoms with Gasteiger partial charge in [-0.05, 0) is 5.92 Å². The van der Waals surface area contributed by atoms with E-state index in [0.29, 0.717) is 11.0 Å². The lowest BCUT2D eigenvalue weighted by atomic mass is 10.1. The van der Waals surface area contributed by atoms with Crippen LogP contribution in [0.3, 0.4) is 0 Å². The number of thiazole rings is 1. The second kappa shape index (κ2) is 3.42. The smallest absolute Gasteiger partial charge is 0.273 e. The van der Waals surface area contributed by atoms with E-state index in [0.717, 1.165) is 5.69 Å². The summed E-state index contributed by atoms with van der Waals surface area (Å²) in [5.74, 6) is 0.323. The fraction of sp³-hybridized carbons (Fsp3) is 0.333. The van der Waals surface area contributed by atoms with Crippen LogP contribution >= 0.6 is 11.3 Å². The van der Waals surface area contributed by atoms with E-state index < -0.39 is 0 Å². The summed E-state index contributed by atoms with van der Waals surface area (Å²) in [4.78, 5) is 15.6. The van der Waals surface area contributed by atoms with Crippen LogP contribution in [-0.2, 0) is 0 Å². The molecule has 74 valence electrons. The fourth-order valence-corrected chi connectivity index (χ4v) is 1.78. The highest BCUT2D eigenvalue weighted by molar-refractivity contribution is 7.12. The lowest BCUT2D eigenvalue weighted by Crippen LogP contribution is -2.12. The van der Waals surface area contributed by atoms with Gasteiger partial charge in [-0.1, -0.05) is 13.8 Å². The molecular weight excluding hydrogens is 198 g/mol. The molecule has 5 heteroatoms. The fourth-order valence-electron chi connectivity index (χ4n) is 1.18. The summed E-state index contributed by atoms with van der Waals surface area (Å²) < 4.78 is 1.47. The van der Waals surface area contributed by atoms with E-state index in [-0.39, 0.29) is 5.56 Å². The van der Waals surface area contributed by atoms with E-state index in [1.807, 2.05) is 19.2 Å². The molecule has 0 amide bonds. The van der Waals surface area contributed by atoms with Gasteiger partial charge in [-0.2, -0.15) is 4.68 Å². The van der Waals surface area contributed by atoms with Crippen LogP contribution in [0.25, 0.3) is 5.13 Å². The van der Waals surface area contributed by atoms with Gasteiger partial charge in [0.25, 0.3) is 5.56 Å². The number of hydrogen-bond donors (Lipinski definition) is 1. The third-order valence-electron chi connectivity index (χ3n) is 1.97. The third-order valence-corrected chi connectivity index (χ3v) is 2.73. The Kier molecular flexibility index (Phi) is 2.25. The van der Waals surface area contributed by atoms with Gasteiger partial charge in [0.1, 0.15) is 0 Å². The van der Waals surface area contributed by atoms with Crippen LogP contribution in [0.5, 0.6) is 0 Å². The first-order valence-electron chi connectivity index (χ1n) is 4.40. The summed E-state index contributed by atoms with van der Waals surface area (Å²) in [6.07, 6.45) is 1.68. The van der Waals surface area contributed by atoms with Crippen LogP contribution in [0, 0.1) is 0 Å². The number of nitrogens with zero attached hydrogens (tertiary/aromatic N) is 2. The van der Waals surface area contributed by atoms with Gasteiger partial charge >= 0.3 is 0 Å². The molecule has 2 aromatic heterocycles. The van der Waals surface area contributed by atoms with E-state index in [2.05, 4.69) is 10.1 Å². The lowest BCUT2D eigenvalue weighted by molar-refractivity contribution is 0.757. The highest BCUT2D eigenvalue weighted by atomic mass is 32.1. The zero-order valence-electron chi connectivity index (χ0n) is 8.02. The lowest BCUT2D eigenvalue weighted by Gasteiger charge is -1.99. The molecule has 14 heavy (non-hydrogen) atoms. The zero-order valence-corrected chi connectivity index (χ0v) is 8.84. The predicted octanol–water partition coefficient (Wildman–Crippen LogP) is 1.75. The summed E-state index contributed by atoms with van der Waals surface area (Å²) in [7, 11) is 0. The van der Waals surface area contributed by atoms with Crippen LogP contribution in [0.4, 0.5) is 0 Å². The van der Waals surface area contributed by atoms with Gasteiger partial charge in [-0.25, -0.2) is 4.98 Å². The number of H-pyrrole nitrogens is 1. The van der Waals surface area contributed by atoms with Crippen molar-refractivity contribution < 1.29 is 0 Å². The van der Waals surface area contributed by atoms with Crippen molar-refractivity contribution in [3.8, 4) is 5.13 Å². The average molecular weight is 209 g/mol. The second-order valence-electron chi connectivity index (χ2n) is 3.35. The molecule has 0 unspecified atom stereocenters. The summed E-state index contributed by atoms with van der Waals surface area (Å²) in [5, 5.41) is 5.56. The van der Waals surface area contributed by atoms with Crippen LogP contribution < -0.4 is 5.56 Å². The van der Waals surface area contributed by atoms with E-state index in [4.69, 9.17) is 0 Å². The zero-order chi connectivity index (χ0) is 10.1. The molecule has 4 nitrogen and oxygen atoms in total. The number of nitrogens with one attached hydrogen (secondary N) is 1. The largest absolute Gasteiger partial charge is 0.293 e. The quantitative estimate of drug-likeness (QED) is 0.819. The summed E-state index contributed by atoms with van der Waals surface area (Å²) in [5.41, 5.74) is 0.883. The number of rotatable bonds is 2. The molecule has 2 heterocycles. The molecule has 0 saturated carbocycles. The Bertz CT molecular complexity index is 466. The van der Waals surface area contributed by atoms with Crippen molar-refractivity contribution >= 4 is 11.3 Å². The van der Waals surface area contributed by atoms with Gasteiger partial charge < -0.3 is 0 Å². The normalized spacial score (nSPS) is 11.1. The molecule has 0 atom stereocenters. The van der Waals surface area contributed by atoms with Gasteiger partial charge in [0.15, 0.2) is 0 Å². The number of hydrogen-bond acceptors (Lipinski definition) is 3. The van der Waals surface area contributed by atoms with Gasteiger partial charge in [-0.15, -0.1) is 11.3 Å². The van der Waals surface area contributed by atoms with Crippen molar-refractivity contribution in [2.45, 2.75) is 19.8 Å². The Morgan fingerprint density at radius 3 is 2.86 bits per heavy atom. The van der Waals surface area contributed by atoms with Crippen LogP contribution in [-0.4, -0.2) is 14.8 Å². The van der Waals surface area contributed by atoms with Crippen LogP contribution in [0.1, 0.15) is 25.5 Å². The Hall–Kier alpha value is -1.36. The molecule has 0 aliphatic rings. The molecule has 0 aliphatic carbocycles. The maximum atomic E-state index is 11.5. The topological polar surface area (TPSA) is 50.7 Å². The molecule has 2 aromatic rings. The van der Waals surface area contributed by atoms with E-state index in [1.54, 1.807) is 12.3 Å². The van der Waals surface area contributed by atoms with Crippen molar-refractivity contribution in [1.82, 2.24) is 14.8 Å². The first-order valence-corrected chi connectivity index (χ1v) is 5.28. The van der Waals surface area contributed by atoms with Crippen LogP contribution in [0.2, 0.25) is 0 Å². The maximum Gasteiger partial charge on any atom is 0.273 e. The highest BCUT2D eigenvalue weighted by Gasteiger charge is 2.08. The molecule has 0 bridgehead atoms. The van der Waals surface area contributed by atoms with Gasteiger partial charge in [0.2, 0.25) is 5.13 Å². The molecule has 0 aliphatic heterocycles. The molecule has 0 radical (unpaired) electrons. The van der Waals surface area contributed by atoms with E-state index >= 15 is 0 Å². The molecule has 0 spiro atoms. The average Bonchev–Trinajstić information content (AvgIpc) is 2.71. The molecule has 0 aromatic carbocycles. The number of aromatic amines is 1. The van der Waals surface area contributed by atoms with E-state index in [1.165, 1.54) is 16.0 Å². The summed E-state index contributed by atoms with van der Waals surface area (Å²) >= 11 is 1.44. The van der Waals surface area contributed by atoms with Gasteiger partial charge in [0.05, 0.1) is 0 Å². The summed E-state index contributed by atoms with van der Waals surface area (Å²) in [6, 6.07) is 1.62. The van der Waals surface area contributed by atoms with E-state index in [9.17, 15) is 4.79 Å². The Morgan fingerprint density at radius 1 is 1.57 bits per heavy atom. The molecule has 1 N–H and O–H groups in total. The first-order chi connectivity index (χ1) is 6.68. The van der Waals surface area contributed by atoms with Crippen LogP contribution in [0.15, 0.2) is 22.4 Å². The van der Waals surface area contributed by atoms with Crippen molar-refractivity contribution in [3.63, 3.8) is 0 Å². The van der Waals surface area contributed by atoms with Gasteiger partial charge in [0, 0.05) is 23.3 Å². The Balaban J connectivity index is 2.50. The minimum atomic E-state index is -0.0522. The maximum absolute atomic E-state index is 11.5. The highest BCUT2D eigenvalue weighted by Crippen LogP contribution is 2.12. The Morgan fingerprint density at radius 2 is 2.36 bits per heavy atom. The van der Waals surface area contributed by atoms with Gasteiger partial charge in [-0.3, -0.25) is 9.89 Å². The minimum Gasteiger partial charge on any atom is -0.293 e.